The lowest BCUT2D eigenvalue weighted by Crippen LogP contribution is -2.29. The summed E-state index contributed by atoms with van der Waals surface area (Å²) >= 11 is 0. The molecule has 1 saturated heterocycles. The zero-order valence-electron chi connectivity index (χ0n) is 16.3. The van der Waals surface area contributed by atoms with E-state index in [2.05, 4.69) is 10.9 Å². The van der Waals surface area contributed by atoms with Gasteiger partial charge in [-0.05, 0) is 41.8 Å². The van der Waals surface area contributed by atoms with Crippen LogP contribution in [-0.4, -0.2) is 26.7 Å². The van der Waals surface area contributed by atoms with E-state index in [-0.39, 0.29) is 29.4 Å². The SMILES string of the molecule is CC(=O)n1ccc2cc(N3C(=O)NNC3c3cc(C(C)C)c(O)cc3O)ccc21. The highest BCUT2D eigenvalue weighted by Crippen LogP contribution is 2.39. The van der Waals surface area contributed by atoms with Gasteiger partial charge in [0.25, 0.3) is 0 Å². The molecule has 0 bridgehead atoms. The highest BCUT2D eigenvalue weighted by Gasteiger charge is 2.35. The second kappa shape index (κ2) is 6.82. The summed E-state index contributed by atoms with van der Waals surface area (Å²) in [5.41, 5.74) is 7.97. The van der Waals surface area contributed by atoms with Gasteiger partial charge in [-0.25, -0.2) is 10.2 Å². The van der Waals surface area contributed by atoms with Gasteiger partial charge in [-0.15, -0.1) is 0 Å². The number of fused-ring (bicyclic) bond motifs is 1. The molecule has 0 spiro atoms. The Hall–Kier alpha value is -3.52. The predicted octanol–water partition coefficient (Wildman–Crippen LogP) is 3.57. The molecule has 1 aliphatic rings. The topological polar surface area (TPSA) is 107 Å². The first-order valence-electron chi connectivity index (χ1n) is 9.30. The van der Waals surface area contributed by atoms with Crippen LogP contribution < -0.4 is 15.8 Å². The Kier molecular flexibility index (Phi) is 4.43. The molecule has 2 amide bonds. The van der Waals surface area contributed by atoms with E-state index in [1.54, 1.807) is 29.0 Å². The van der Waals surface area contributed by atoms with Crippen LogP contribution in [-0.2, 0) is 0 Å². The van der Waals surface area contributed by atoms with E-state index in [0.717, 1.165) is 10.9 Å². The first-order valence-corrected chi connectivity index (χ1v) is 9.30. The van der Waals surface area contributed by atoms with Gasteiger partial charge in [0.05, 0.1) is 5.52 Å². The van der Waals surface area contributed by atoms with Crippen LogP contribution in [0.5, 0.6) is 11.5 Å². The fraction of sp³-hybridized carbons (Fsp3) is 0.238. The predicted molar refractivity (Wildman–Crippen MR) is 109 cm³/mol. The number of aromatic hydroxyl groups is 2. The number of phenols is 2. The molecular weight excluding hydrogens is 372 g/mol. The maximum absolute atomic E-state index is 12.6. The fourth-order valence-electron chi connectivity index (χ4n) is 3.70. The molecule has 1 aliphatic heterocycles. The summed E-state index contributed by atoms with van der Waals surface area (Å²) in [5.74, 6) is -0.163. The van der Waals surface area contributed by atoms with Crippen LogP contribution in [0.3, 0.4) is 0 Å². The van der Waals surface area contributed by atoms with E-state index in [0.29, 0.717) is 16.8 Å². The molecule has 8 heteroatoms. The maximum atomic E-state index is 12.6. The standard InChI is InChI=1S/C21H22N4O4/c1-11(2)15-9-16(19(28)10-18(15)27)20-22-23-21(29)25(20)14-4-5-17-13(8-14)6-7-24(17)12(3)26/h4-11,20,22,27-28H,1-3H3,(H,23,29). The van der Waals surface area contributed by atoms with Gasteiger partial charge in [-0.1, -0.05) is 13.8 Å². The summed E-state index contributed by atoms with van der Waals surface area (Å²) in [5, 5.41) is 21.4. The molecule has 1 atom stereocenters. The third kappa shape index (κ3) is 3.07. The average molecular weight is 394 g/mol. The highest BCUT2D eigenvalue weighted by molar-refractivity contribution is 5.98. The number of carbonyl (C=O) groups is 2. The summed E-state index contributed by atoms with van der Waals surface area (Å²) in [6, 6.07) is 9.78. The number of hydrogen-bond donors (Lipinski definition) is 4. The summed E-state index contributed by atoms with van der Waals surface area (Å²) in [6.45, 7) is 5.36. The van der Waals surface area contributed by atoms with Gasteiger partial charge in [0.2, 0.25) is 5.91 Å². The monoisotopic (exact) mass is 394 g/mol. The third-order valence-corrected chi connectivity index (χ3v) is 5.18. The van der Waals surface area contributed by atoms with Crippen molar-refractivity contribution in [1.29, 1.82) is 0 Å². The van der Waals surface area contributed by atoms with E-state index in [1.165, 1.54) is 17.9 Å². The Bertz CT molecular complexity index is 1140. The second-order valence-electron chi connectivity index (χ2n) is 7.42. The number of aromatic nitrogens is 1. The van der Waals surface area contributed by atoms with Crippen LogP contribution in [0.2, 0.25) is 0 Å². The molecule has 150 valence electrons. The summed E-state index contributed by atoms with van der Waals surface area (Å²) in [4.78, 5) is 25.8. The molecule has 3 aromatic rings. The van der Waals surface area contributed by atoms with Gasteiger partial charge in [-0.2, -0.15) is 0 Å². The van der Waals surface area contributed by atoms with Crippen molar-refractivity contribution in [2.45, 2.75) is 32.9 Å². The quantitative estimate of drug-likeness (QED) is 0.543. The number of urea groups is 1. The number of hydrogen-bond acceptors (Lipinski definition) is 5. The summed E-state index contributed by atoms with van der Waals surface area (Å²) in [6.07, 6.45) is 1.02. The zero-order valence-corrected chi connectivity index (χ0v) is 16.3. The average Bonchev–Trinajstić information content (AvgIpc) is 3.24. The normalized spacial score (nSPS) is 16.6. The molecule has 0 saturated carbocycles. The highest BCUT2D eigenvalue weighted by atomic mass is 16.3. The molecule has 4 N–H and O–H groups in total. The lowest BCUT2D eigenvalue weighted by Gasteiger charge is -2.25. The zero-order chi connectivity index (χ0) is 20.9. The minimum Gasteiger partial charge on any atom is -0.508 e. The van der Waals surface area contributed by atoms with Crippen molar-refractivity contribution in [1.82, 2.24) is 15.4 Å². The van der Waals surface area contributed by atoms with Gasteiger partial charge in [0.15, 0.2) is 0 Å². The Balaban J connectivity index is 1.79. The number of hydrazine groups is 1. The number of amides is 2. The number of anilines is 1. The molecule has 0 radical (unpaired) electrons. The Morgan fingerprint density at radius 2 is 1.86 bits per heavy atom. The molecule has 29 heavy (non-hydrogen) atoms. The molecule has 0 aliphatic carbocycles. The van der Waals surface area contributed by atoms with Gasteiger partial charge in [0.1, 0.15) is 17.7 Å². The Labute approximate surface area is 167 Å². The Morgan fingerprint density at radius 1 is 1.10 bits per heavy atom. The largest absolute Gasteiger partial charge is 0.508 e. The van der Waals surface area contributed by atoms with Crippen molar-refractivity contribution in [2.75, 3.05) is 4.90 Å². The van der Waals surface area contributed by atoms with Crippen molar-refractivity contribution in [3.8, 4) is 11.5 Å². The molecule has 4 rings (SSSR count). The van der Waals surface area contributed by atoms with Gasteiger partial charge in [0, 0.05) is 35.8 Å². The van der Waals surface area contributed by atoms with Gasteiger partial charge >= 0.3 is 6.03 Å². The minimum atomic E-state index is -0.673. The van der Waals surface area contributed by atoms with Crippen molar-refractivity contribution >= 4 is 28.5 Å². The lowest BCUT2D eigenvalue weighted by molar-refractivity contribution is 0.0941. The van der Waals surface area contributed by atoms with Crippen molar-refractivity contribution in [3.05, 3.63) is 53.7 Å². The van der Waals surface area contributed by atoms with E-state index >= 15 is 0 Å². The van der Waals surface area contributed by atoms with Gasteiger partial charge in [-0.3, -0.25) is 19.7 Å². The third-order valence-electron chi connectivity index (χ3n) is 5.18. The number of benzene rings is 2. The second-order valence-corrected chi connectivity index (χ2v) is 7.42. The van der Waals surface area contributed by atoms with Gasteiger partial charge < -0.3 is 10.2 Å². The number of nitrogens with one attached hydrogen (secondary N) is 2. The van der Waals surface area contributed by atoms with E-state index < -0.39 is 6.17 Å². The molecule has 2 aromatic carbocycles. The van der Waals surface area contributed by atoms with Crippen LogP contribution in [0, 0.1) is 0 Å². The first-order chi connectivity index (χ1) is 13.8. The fourth-order valence-corrected chi connectivity index (χ4v) is 3.70. The van der Waals surface area contributed by atoms with E-state index in [4.69, 9.17) is 0 Å². The van der Waals surface area contributed by atoms with Crippen LogP contribution >= 0.6 is 0 Å². The first kappa shape index (κ1) is 18.8. The lowest BCUT2D eigenvalue weighted by atomic mass is 9.97. The molecule has 8 nitrogen and oxygen atoms in total. The smallest absolute Gasteiger partial charge is 0.337 e. The van der Waals surface area contributed by atoms with Crippen LogP contribution in [0.1, 0.15) is 48.8 Å². The Morgan fingerprint density at radius 3 is 2.55 bits per heavy atom. The van der Waals surface area contributed by atoms with Crippen LogP contribution in [0.25, 0.3) is 10.9 Å². The number of rotatable bonds is 3. The number of nitrogens with zero attached hydrogens (tertiary/aromatic N) is 2. The van der Waals surface area contributed by atoms with Crippen molar-refractivity contribution in [3.63, 3.8) is 0 Å². The summed E-state index contributed by atoms with van der Waals surface area (Å²) in [7, 11) is 0. The molecule has 1 fully saturated rings. The minimum absolute atomic E-state index is 0.0112. The van der Waals surface area contributed by atoms with E-state index in [9.17, 15) is 19.8 Å². The molecule has 1 unspecified atom stereocenters. The van der Waals surface area contributed by atoms with Crippen molar-refractivity contribution in [2.24, 2.45) is 0 Å². The van der Waals surface area contributed by atoms with Crippen molar-refractivity contribution < 1.29 is 19.8 Å². The van der Waals surface area contributed by atoms with E-state index in [1.807, 2.05) is 26.0 Å². The molecular formula is C21H22N4O4. The number of phenolic OH excluding ortho intramolecular Hbond substituents is 2. The summed E-state index contributed by atoms with van der Waals surface area (Å²) < 4.78 is 1.54. The molecule has 2 heterocycles. The number of carbonyl (C=O) groups excluding carboxylic acids is 2. The maximum Gasteiger partial charge on any atom is 0.337 e. The van der Waals surface area contributed by atoms with Crippen LogP contribution in [0.4, 0.5) is 10.5 Å². The molecule has 1 aromatic heterocycles. The van der Waals surface area contributed by atoms with Crippen LogP contribution in [0.15, 0.2) is 42.6 Å².